The largest absolute Gasteiger partial charge is 0.351 e. The molecule has 14 heavy (non-hydrogen) atoms. The van der Waals surface area contributed by atoms with E-state index in [9.17, 15) is 9.59 Å². The van der Waals surface area contributed by atoms with Crippen LogP contribution in [0.1, 0.15) is 0 Å². The first kappa shape index (κ1) is 10.6. The minimum atomic E-state index is -0.415. The lowest BCUT2D eigenvalue weighted by Crippen LogP contribution is -2.54. The Morgan fingerprint density at radius 1 is 1.07 bits per heavy atom. The van der Waals surface area contributed by atoms with Gasteiger partial charge in [0, 0.05) is 40.3 Å². The molecule has 0 saturated carbocycles. The average Bonchev–Trinajstić information content (AvgIpc) is 2.16. The van der Waals surface area contributed by atoms with Gasteiger partial charge in [-0.25, -0.2) is 9.59 Å². The van der Waals surface area contributed by atoms with Crippen molar-refractivity contribution >= 4 is 12.1 Å². The van der Waals surface area contributed by atoms with Crippen LogP contribution in [0.2, 0.25) is 0 Å². The lowest BCUT2D eigenvalue weighted by atomic mass is 10.3. The Balaban J connectivity index is 2.43. The van der Waals surface area contributed by atoms with E-state index in [0.29, 0.717) is 26.2 Å². The summed E-state index contributed by atoms with van der Waals surface area (Å²) < 4.78 is 0. The molecule has 0 atom stereocenters. The number of amides is 4. The van der Waals surface area contributed by atoms with E-state index in [1.165, 1.54) is 4.90 Å². The van der Waals surface area contributed by atoms with Gasteiger partial charge in [-0.05, 0) is 0 Å². The number of hydrogen-bond acceptors (Lipinski definition) is 2. The Bertz CT molecular complexity index is 233. The third-order valence-electron chi connectivity index (χ3n) is 2.24. The number of carbonyl (C=O) groups is 2. The molecule has 2 N–H and O–H groups in total. The van der Waals surface area contributed by atoms with Gasteiger partial charge in [0.05, 0.1) is 0 Å². The van der Waals surface area contributed by atoms with Gasteiger partial charge in [-0.2, -0.15) is 0 Å². The highest BCUT2D eigenvalue weighted by molar-refractivity contribution is 5.75. The van der Waals surface area contributed by atoms with E-state index in [-0.39, 0.29) is 6.03 Å². The number of rotatable bonds is 0. The normalized spacial score (nSPS) is 16.7. The summed E-state index contributed by atoms with van der Waals surface area (Å²) in [5, 5.41) is 0. The van der Waals surface area contributed by atoms with Gasteiger partial charge < -0.3 is 20.4 Å². The number of hydrogen-bond donors (Lipinski definition) is 1. The molecule has 0 aromatic rings. The lowest BCUT2D eigenvalue weighted by Gasteiger charge is -2.35. The molecule has 0 bridgehead atoms. The van der Waals surface area contributed by atoms with Gasteiger partial charge >= 0.3 is 12.1 Å². The Hall–Kier alpha value is -1.46. The number of carbonyl (C=O) groups excluding carboxylic acids is 2. The molecule has 1 fully saturated rings. The zero-order valence-corrected chi connectivity index (χ0v) is 8.56. The Morgan fingerprint density at radius 3 is 1.86 bits per heavy atom. The van der Waals surface area contributed by atoms with Gasteiger partial charge in [0.1, 0.15) is 0 Å². The summed E-state index contributed by atoms with van der Waals surface area (Å²) in [6.07, 6.45) is 0. The van der Waals surface area contributed by atoms with E-state index in [0.717, 1.165) is 0 Å². The molecule has 0 aromatic carbocycles. The predicted molar refractivity (Wildman–Crippen MR) is 51.8 cm³/mol. The second-order valence-corrected chi connectivity index (χ2v) is 3.49. The fourth-order valence-electron chi connectivity index (χ4n) is 1.40. The summed E-state index contributed by atoms with van der Waals surface area (Å²) >= 11 is 0. The Kier molecular flexibility index (Phi) is 3.16. The van der Waals surface area contributed by atoms with Crippen molar-refractivity contribution in [3.63, 3.8) is 0 Å². The molecule has 1 heterocycles. The smallest absolute Gasteiger partial charge is 0.319 e. The second kappa shape index (κ2) is 4.17. The van der Waals surface area contributed by atoms with E-state index < -0.39 is 6.03 Å². The van der Waals surface area contributed by atoms with Gasteiger partial charge in [-0.1, -0.05) is 0 Å². The molecule has 6 nitrogen and oxygen atoms in total. The number of primary amides is 1. The van der Waals surface area contributed by atoms with E-state index in [2.05, 4.69) is 0 Å². The topological polar surface area (TPSA) is 69.9 Å². The van der Waals surface area contributed by atoms with E-state index in [1.807, 2.05) is 0 Å². The third-order valence-corrected chi connectivity index (χ3v) is 2.24. The van der Waals surface area contributed by atoms with E-state index >= 15 is 0 Å². The van der Waals surface area contributed by atoms with Crippen LogP contribution in [-0.4, -0.2) is 67.0 Å². The zero-order chi connectivity index (χ0) is 10.7. The monoisotopic (exact) mass is 200 g/mol. The molecule has 0 aliphatic carbocycles. The van der Waals surface area contributed by atoms with Gasteiger partial charge in [-0.3, -0.25) is 0 Å². The minimum Gasteiger partial charge on any atom is -0.351 e. The highest BCUT2D eigenvalue weighted by Crippen LogP contribution is 2.03. The van der Waals surface area contributed by atoms with Crippen molar-refractivity contribution in [2.45, 2.75) is 0 Å². The Morgan fingerprint density at radius 2 is 1.50 bits per heavy atom. The van der Waals surface area contributed by atoms with Crippen molar-refractivity contribution in [2.24, 2.45) is 5.73 Å². The molecule has 6 heteroatoms. The van der Waals surface area contributed by atoms with Gasteiger partial charge in [0.2, 0.25) is 0 Å². The summed E-state index contributed by atoms with van der Waals surface area (Å²) in [4.78, 5) is 27.1. The zero-order valence-electron chi connectivity index (χ0n) is 8.56. The van der Waals surface area contributed by atoms with Crippen molar-refractivity contribution in [3.8, 4) is 0 Å². The maximum atomic E-state index is 11.5. The third kappa shape index (κ3) is 2.27. The molecule has 1 aliphatic heterocycles. The summed E-state index contributed by atoms with van der Waals surface area (Å²) in [6, 6.07) is -0.434. The van der Waals surface area contributed by atoms with Crippen LogP contribution in [0.15, 0.2) is 0 Å². The summed E-state index contributed by atoms with van der Waals surface area (Å²) in [5.74, 6) is 0. The minimum absolute atomic E-state index is 0.0193. The van der Waals surface area contributed by atoms with Crippen molar-refractivity contribution in [1.29, 1.82) is 0 Å². The molecule has 0 spiro atoms. The molecule has 0 unspecified atom stereocenters. The number of urea groups is 2. The van der Waals surface area contributed by atoms with Crippen LogP contribution < -0.4 is 5.73 Å². The predicted octanol–water partition coefficient (Wildman–Crippen LogP) is -0.636. The van der Waals surface area contributed by atoms with Crippen molar-refractivity contribution in [2.75, 3.05) is 40.3 Å². The molecular formula is C8H16N4O2. The van der Waals surface area contributed by atoms with E-state index in [4.69, 9.17) is 5.73 Å². The molecular weight excluding hydrogens is 184 g/mol. The summed E-state index contributed by atoms with van der Waals surface area (Å²) in [7, 11) is 3.42. The van der Waals surface area contributed by atoms with Crippen LogP contribution in [0.4, 0.5) is 9.59 Å². The molecule has 0 aromatic heterocycles. The first-order valence-electron chi connectivity index (χ1n) is 4.53. The second-order valence-electron chi connectivity index (χ2n) is 3.49. The van der Waals surface area contributed by atoms with Crippen LogP contribution >= 0.6 is 0 Å². The van der Waals surface area contributed by atoms with Crippen LogP contribution in [0.25, 0.3) is 0 Å². The van der Waals surface area contributed by atoms with Crippen LogP contribution in [0.3, 0.4) is 0 Å². The first-order chi connectivity index (χ1) is 6.52. The van der Waals surface area contributed by atoms with E-state index in [1.54, 1.807) is 23.9 Å². The quantitative estimate of drug-likeness (QED) is 0.565. The first-order valence-corrected chi connectivity index (χ1v) is 4.53. The maximum Gasteiger partial charge on any atom is 0.319 e. The molecule has 1 rings (SSSR count). The summed E-state index contributed by atoms with van der Waals surface area (Å²) in [6.45, 7) is 2.16. The SMILES string of the molecule is CN(C)C(=O)N1CCN(C(N)=O)CC1. The fourth-order valence-corrected chi connectivity index (χ4v) is 1.40. The molecule has 1 aliphatic rings. The highest BCUT2D eigenvalue weighted by atomic mass is 16.2. The summed E-state index contributed by atoms with van der Waals surface area (Å²) in [5.41, 5.74) is 5.12. The molecule has 0 radical (unpaired) electrons. The van der Waals surface area contributed by atoms with Gasteiger partial charge in [-0.15, -0.1) is 0 Å². The molecule has 1 saturated heterocycles. The highest BCUT2D eigenvalue weighted by Gasteiger charge is 2.23. The van der Waals surface area contributed by atoms with Gasteiger partial charge in [0.15, 0.2) is 0 Å². The molecule has 4 amide bonds. The van der Waals surface area contributed by atoms with Crippen LogP contribution in [0.5, 0.6) is 0 Å². The standard InChI is InChI=1S/C8H16N4O2/c1-10(2)8(14)12-5-3-11(4-6-12)7(9)13/h3-6H2,1-2H3,(H2,9,13). The maximum absolute atomic E-state index is 11.5. The number of nitrogens with zero attached hydrogens (tertiary/aromatic N) is 3. The Labute approximate surface area is 83.2 Å². The van der Waals surface area contributed by atoms with Crippen molar-refractivity contribution in [3.05, 3.63) is 0 Å². The van der Waals surface area contributed by atoms with Crippen LogP contribution in [0, 0.1) is 0 Å². The average molecular weight is 200 g/mol. The lowest BCUT2D eigenvalue weighted by molar-refractivity contribution is 0.132. The van der Waals surface area contributed by atoms with Crippen LogP contribution in [-0.2, 0) is 0 Å². The van der Waals surface area contributed by atoms with Gasteiger partial charge in [0.25, 0.3) is 0 Å². The fraction of sp³-hybridized carbons (Fsp3) is 0.750. The van der Waals surface area contributed by atoms with Crippen molar-refractivity contribution in [1.82, 2.24) is 14.7 Å². The number of piperazine rings is 1. The molecule has 80 valence electrons. The van der Waals surface area contributed by atoms with Crippen molar-refractivity contribution < 1.29 is 9.59 Å². The number of nitrogens with two attached hydrogens (primary N) is 1.